The summed E-state index contributed by atoms with van der Waals surface area (Å²) in [6.07, 6.45) is 0.708. The molecule has 1 aromatic carbocycles. The Hall–Kier alpha value is -1.38. The standard InChI is InChI=1S/C10H12FNO/c1-8(2)12(7-13)10-5-3-4-9(11)6-10/h3-8H,1-2H3. The van der Waals surface area contributed by atoms with Gasteiger partial charge >= 0.3 is 0 Å². The molecule has 0 saturated heterocycles. The molecule has 0 fully saturated rings. The first-order valence-corrected chi connectivity index (χ1v) is 4.14. The van der Waals surface area contributed by atoms with Crippen molar-refractivity contribution >= 4 is 12.1 Å². The van der Waals surface area contributed by atoms with Crippen LogP contribution in [0.2, 0.25) is 0 Å². The Balaban J connectivity index is 2.98. The van der Waals surface area contributed by atoms with E-state index in [2.05, 4.69) is 0 Å². The molecule has 0 heterocycles. The first-order chi connectivity index (χ1) is 6.15. The number of benzene rings is 1. The maximum absolute atomic E-state index is 12.8. The lowest BCUT2D eigenvalue weighted by Gasteiger charge is -2.21. The predicted octanol–water partition coefficient (Wildman–Crippen LogP) is 2.20. The Labute approximate surface area is 77.0 Å². The van der Waals surface area contributed by atoms with Crippen LogP contribution < -0.4 is 4.90 Å². The number of amides is 1. The van der Waals surface area contributed by atoms with Gasteiger partial charge in [-0.3, -0.25) is 4.79 Å². The summed E-state index contributed by atoms with van der Waals surface area (Å²) in [5, 5.41) is 0. The Bertz CT molecular complexity index is 299. The highest BCUT2D eigenvalue weighted by Gasteiger charge is 2.08. The lowest BCUT2D eigenvalue weighted by atomic mass is 10.2. The van der Waals surface area contributed by atoms with Crippen molar-refractivity contribution in [3.8, 4) is 0 Å². The molecule has 2 nitrogen and oxygen atoms in total. The highest BCUT2D eigenvalue weighted by molar-refractivity contribution is 5.75. The van der Waals surface area contributed by atoms with Crippen LogP contribution in [0, 0.1) is 5.82 Å². The van der Waals surface area contributed by atoms with Gasteiger partial charge in [-0.25, -0.2) is 4.39 Å². The van der Waals surface area contributed by atoms with Crippen molar-refractivity contribution in [2.45, 2.75) is 19.9 Å². The molecular weight excluding hydrogens is 169 g/mol. The van der Waals surface area contributed by atoms with Gasteiger partial charge in [0.25, 0.3) is 0 Å². The summed E-state index contributed by atoms with van der Waals surface area (Å²) in [7, 11) is 0. The van der Waals surface area contributed by atoms with E-state index in [-0.39, 0.29) is 11.9 Å². The number of halogens is 1. The highest BCUT2D eigenvalue weighted by atomic mass is 19.1. The van der Waals surface area contributed by atoms with Gasteiger partial charge in [-0.05, 0) is 32.0 Å². The van der Waals surface area contributed by atoms with Crippen LogP contribution in [0.25, 0.3) is 0 Å². The van der Waals surface area contributed by atoms with Crippen LogP contribution in [0.4, 0.5) is 10.1 Å². The SMILES string of the molecule is CC(C)N(C=O)c1cccc(F)c1. The first-order valence-electron chi connectivity index (χ1n) is 4.14. The molecule has 0 spiro atoms. The Morgan fingerprint density at radius 3 is 2.62 bits per heavy atom. The average Bonchev–Trinajstić information content (AvgIpc) is 2.04. The maximum atomic E-state index is 12.8. The molecule has 0 radical (unpaired) electrons. The minimum absolute atomic E-state index is 0.0410. The minimum atomic E-state index is -0.329. The Morgan fingerprint density at radius 1 is 1.46 bits per heavy atom. The van der Waals surface area contributed by atoms with Crippen molar-refractivity contribution < 1.29 is 9.18 Å². The van der Waals surface area contributed by atoms with Gasteiger partial charge in [0.15, 0.2) is 0 Å². The molecule has 0 aliphatic heterocycles. The minimum Gasteiger partial charge on any atom is -0.312 e. The van der Waals surface area contributed by atoms with E-state index in [1.54, 1.807) is 12.1 Å². The van der Waals surface area contributed by atoms with E-state index in [1.807, 2.05) is 13.8 Å². The molecule has 1 aromatic rings. The summed E-state index contributed by atoms with van der Waals surface area (Å²) in [5.41, 5.74) is 0.588. The van der Waals surface area contributed by atoms with Crippen LogP contribution in [0.3, 0.4) is 0 Å². The van der Waals surface area contributed by atoms with Gasteiger partial charge < -0.3 is 4.90 Å². The zero-order chi connectivity index (χ0) is 9.84. The zero-order valence-electron chi connectivity index (χ0n) is 7.70. The summed E-state index contributed by atoms with van der Waals surface area (Å²) in [6.45, 7) is 3.75. The third-order valence-corrected chi connectivity index (χ3v) is 1.78. The molecule has 13 heavy (non-hydrogen) atoms. The molecule has 0 aliphatic rings. The number of nitrogens with zero attached hydrogens (tertiary/aromatic N) is 1. The van der Waals surface area contributed by atoms with Crippen molar-refractivity contribution in [2.75, 3.05) is 4.90 Å². The molecule has 0 bridgehead atoms. The largest absolute Gasteiger partial charge is 0.312 e. The number of carbonyl (C=O) groups excluding carboxylic acids is 1. The smallest absolute Gasteiger partial charge is 0.214 e. The van der Waals surface area contributed by atoms with Gasteiger partial charge in [-0.2, -0.15) is 0 Å². The van der Waals surface area contributed by atoms with Gasteiger partial charge in [-0.15, -0.1) is 0 Å². The normalized spacial score (nSPS) is 10.2. The van der Waals surface area contributed by atoms with Gasteiger partial charge in [-0.1, -0.05) is 6.07 Å². The zero-order valence-corrected chi connectivity index (χ0v) is 7.70. The second-order valence-corrected chi connectivity index (χ2v) is 3.09. The van der Waals surface area contributed by atoms with Gasteiger partial charge in [0.1, 0.15) is 5.82 Å². The molecule has 0 N–H and O–H groups in total. The van der Waals surface area contributed by atoms with Crippen LogP contribution in [-0.2, 0) is 4.79 Å². The molecule has 1 amide bonds. The molecule has 0 aromatic heterocycles. The molecular formula is C10H12FNO. The molecule has 70 valence electrons. The van der Waals surface area contributed by atoms with Crippen molar-refractivity contribution in [1.82, 2.24) is 0 Å². The van der Waals surface area contributed by atoms with Crippen LogP contribution in [0.1, 0.15) is 13.8 Å². The first kappa shape index (κ1) is 9.71. The number of hydrogen-bond acceptors (Lipinski definition) is 1. The number of carbonyl (C=O) groups is 1. The number of hydrogen-bond donors (Lipinski definition) is 0. The molecule has 3 heteroatoms. The predicted molar refractivity (Wildman–Crippen MR) is 50.1 cm³/mol. The maximum Gasteiger partial charge on any atom is 0.214 e. The van der Waals surface area contributed by atoms with E-state index in [9.17, 15) is 9.18 Å². The lowest BCUT2D eigenvalue weighted by molar-refractivity contribution is -0.107. The average molecular weight is 181 g/mol. The van der Waals surface area contributed by atoms with E-state index in [0.717, 1.165) is 0 Å². The van der Waals surface area contributed by atoms with E-state index < -0.39 is 0 Å². The number of rotatable bonds is 3. The fourth-order valence-electron chi connectivity index (χ4n) is 1.12. The summed E-state index contributed by atoms with van der Waals surface area (Å²) in [4.78, 5) is 12.1. The van der Waals surface area contributed by atoms with Crippen LogP contribution in [-0.4, -0.2) is 12.5 Å². The summed E-state index contributed by atoms with van der Waals surface area (Å²) in [5.74, 6) is -0.329. The lowest BCUT2D eigenvalue weighted by Crippen LogP contribution is -2.28. The van der Waals surface area contributed by atoms with Crippen molar-refractivity contribution in [2.24, 2.45) is 0 Å². The van der Waals surface area contributed by atoms with Crippen LogP contribution in [0.5, 0.6) is 0 Å². The molecule has 0 atom stereocenters. The fraction of sp³-hybridized carbons (Fsp3) is 0.300. The second kappa shape index (κ2) is 4.03. The molecule has 0 unspecified atom stereocenters. The molecule has 1 rings (SSSR count). The summed E-state index contributed by atoms with van der Waals surface area (Å²) < 4.78 is 12.8. The third-order valence-electron chi connectivity index (χ3n) is 1.78. The van der Waals surface area contributed by atoms with Crippen molar-refractivity contribution in [3.05, 3.63) is 30.1 Å². The molecule has 0 saturated carbocycles. The van der Waals surface area contributed by atoms with Gasteiger partial charge in [0.2, 0.25) is 6.41 Å². The topological polar surface area (TPSA) is 20.3 Å². The van der Waals surface area contributed by atoms with Gasteiger partial charge in [0, 0.05) is 11.7 Å². The Kier molecular flexibility index (Phi) is 3.01. The van der Waals surface area contributed by atoms with Crippen molar-refractivity contribution in [3.63, 3.8) is 0 Å². The van der Waals surface area contributed by atoms with Crippen LogP contribution in [0.15, 0.2) is 24.3 Å². The van der Waals surface area contributed by atoms with E-state index in [0.29, 0.717) is 12.1 Å². The molecule has 0 aliphatic carbocycles. The summed E-state index contributed by atoms with van der Waals surface area (Å²) >= 11 is 0. The van der Waals surface area contributed by atoms with Crippen molar-refractivity contribution in [1.29, 1.82) is 0 Å². The summed E-state index contributed by atoms with van der Waals surface area (Å²) in [6, 6.07) is 6.03. The second-order valence-electron chi connectivity index (χ2n) is 3.09. The van der Waals surface area contributed by atoms with E-state index in [4.69, 9.17) is 0 Å². The monoisotopic (exact) mass is 181 g/mol. The quantitative estimate of drug-likeness (QED) is 0.654. The third kappa shape index (κ3) is 2.28. The Morgan fingerprint density at radius 2 is 2.15 bits per heavy atom. The fourth-order valence-corrected chi connectivity index (χ4v) is 1.12. The van der Waals surface area contributed by atoms with Gasteiger partial charge in [0.05, 0.1) is 0 Å². The van der Waals surface area contributed by atoms with E-state index >= 15 is 0 Å². The van der Waals surface area contributed by atoms with E-state index in [1.165, 1.54) is 17.0 Å². The van der Waals surface area contributed by atoms with Crippen LogP contribution >= 0.6 is 0 Å². The number of anilines is 1. The highest BCUT2D eigenvalue weighted by Crippen LogP contribution is 2.15.